The average Bonchev–Trinajstić information content (AvgIpc) is 2.66. The van der Waals surface area contributed by atoms with Gasteiger partial charge in [0.1, 0.15) is 11.5 Å². The quantitative estimate of drug-likeness (QED) is 0.552. The summed E-state index contributed by atoms with van der Waals surface area (Å²) in [6, 6.07) is 21.8. The number of hydrogen-bond donors (Lipinski definition) is 3. The molecule has 3 N–H and O–H groups in total. The van der Waals surface area contributed by atoms with Crippen LogP contribution < -0.4 is 5.32 Å². The number of aryl methyl sites for hydroxylation is 1. The molecule has 3 aromatic rings. The normalized spacial score (nSPS) is 10.8. The maximum Gasteiger partial charge on any atom is 0.224 e. The summed E-state index contributed by atoms with van der Waals surface area (Å²) in [6.45, 7) is 0. The maximum atomic E-state index is 12.1. The first-order valence-electron chi connectivity index (χ1n) is 8.73. The van der Waals surface area contributed by atoms with E-state index >= 15 is 0 Å². The van der Waals surface area contributed by atoms with E-state index in [-0.39, 0.29) is 17.4 Å². The summed E-state index contributed by atoms with van der Waals surface area (Å²) in [7, 11) is 0. The minimum Gasteiger partial charge on any atom is -0.508 e. The van der Waals surface area contributed by atoms with Crippen LogP contribution in [-0.2, 0) is 11.2 Å². The molecule has 0 aliphatic rings. The molecule has 0 heterocycles. The fourth-order valence-electron chi connectivity index (χ4n) is 2.71. The van der Waals surface area contributed by atoms with Crippen LogP contribution in [0.15, 0.2) is 72.8 Å². The van der Waals surface area contributed by atoms with Gasteiger partial charge in [-0.05, 0) is 47.4 Å². The number of benzene rings is 3. The summed E-state index contributed by atoms with van der Waals surface area (Å²) in [4.78, 5) is 12.1. The molecule has 3 rings (SSSR count). The van der Waals surface area contributed by atoms with Gasteiger partial charge in [0.25, 0.3) is 0 Å². The number of nitrogens with one attached hydrogen (secondary N) is 1. The van der Waals surface area contributed by atoms with Gasteiger partial charge >= 0.3 is 0 Å². The molecule has 0 radical (unpaired) electrons. The van der Waals surface area contributed by atoms with Gasteiger partial charge < -0.3 is 15.5 Å². The molecule has 0 aromatic heterocycles. The smallest absolute Gasteiger partial charge is 0.224 e. The molecular weight excluding hydrogens is 338 g/mol. The van der Waals surface area contributed by atoms with Crippen LogP contribution in [0, 0.1) is 0 Å². The third-order valence-electron chi connectivity index (χ3n) is 4.07. The fourth-order valence-corrected chi connectivity index (χ4v) is 2.71. The zero-order valence-electron chi connectivity index (χ0n) is 14.8. The molecule has 0 atom stereocenters. The second-order valence-electron chi connectivity index (χ2n) is 6.27. The lowest BCUT2D eigenvalue weighted by Crippen LogP contribution is -2.12. The number of phenols is 2. The van der Waals surface area contributed by atoms with E-state index in [2.05, 4.69) is 5.32 Å². The highest BCUT2D eigenvalue weighted by atomic mass is 16.3. The van der Waals surface area contributed by atoms with Crippen molar-refractivity contribution in [1.82, 2.24) is 0 Å². The maximum absolute atomic E-state index is 12.1. The molecule has 0 aliphatic heterocycles. The van der Waals surface area contributed by atoms with Crippen LogP contribution in [0.2, 0.25) is 0 Å². The van der Waals surface area contributed by atoms with Crippen LogP contribution in [0.3, 0.4) is 0 Å². The van der Waals surface area contributed by atoms with Gasteiger partial charge in [-0.1, -0.05) is 54.6 Å². The summed E-state index contributed by atoms with van der Waals surface area (Å²) < 4.78 is 0. The standard InChI is InChI=1S/C23H21NO3/c25-21-14-19(15-22(26)16-21)7-6-18-8-11-20(12-9-18)24-23(27)13-10-17-4-2-1-3-5-17/h1-9,11-12,14-16,25-26H,10,13H2,(H,24,27)/b7-6+. The third-order valence-corrected chi connectivity index (χ3v) is 4.07. The van der Waals surface area contributed by atoms with E-state index in [4.69, 9.17) is 0 Å². The molecule has 0 fully saturated rings. The van der Waals surface area contributed by atoms with E-state index in [1.54, 1.807) is 18.2 Å². The molecule has 0 spiro atoms. The van der Waals surface area contributed by atoms with Crippen molar-refractivity contribution in [2.75, 3.05) is 5.32 Å². The predicted molar refractivity (Wildman–Crippen MR) is 109 cm³/mol. The van der Waals surface area contributed by atoms with Gasteiger partial charge in [0.2, 0.25) is 5.91 Å². The second-order valence-corrected chi connectivity index (χ2v) is 6.27. The highest BCUT2D eigenvalue weighted by Crippen LogP contribution is 2.22. The molecule has 0 bridgehead atoms. The van der Waals surface area contributed by atoms with Crippen LogP contribution in [0.5, 0.6) is 11.5 Å². The predicted octanol–water partition coefficient (Wildman–Crippen LogP) is 4.84. The average molecular weight is 359 g/mol. The van der Waals surface area contributed by atoms with Crippen molar-refractivity contribution in [3.05, 3.63) is 89.5 Å². The van der Waals surface area contributed by atoms with Crippen LogP contribution in [0.1, 0.15) is 23.1 Å². The van der Waals surface area contributed by atoms with Crippen molar-refractivity contribution >= 4 is 23.7 Å². The Morgan fingerprint density at radius 2 is 1.44 bits per heavy atom. The molecule has 3 aromatic carbocycles. The molecule has 0 saturated carbocycles. The van der Waals surface area contributed by atoms with Crippen LogP contribution >= 0.6 is 0 Å². The minimum absolute atomic E-state index is 0.0163. The first-order chi connectivity index (χ1) is 13.1. The number of anilines is 1. The Morgan fingerprint density at radius 1 is 0.815 bits per heavy atom. The molecule has 0 saturated heterocycles. The first kappa shape index (κ1) is 18.3. The third kappa shape index (κ3) is 5.75. The van der Waals surface area contributed by atoms with E-state index in [9.17, 15) is 15.0 Å². The number of hydrogen-bond acceptors (Lipinski definition) is 3. The van der Waals surface area contributed by atoms with Gasteiger partial charge in [-0.15, -0.1) is 0 Å². The summed E-state index contributed by atoms with van der Waals surface area (Å²) in [6.07, 6.45) is 4.82. The van der Waals surface area contributed by atoms with Crippen molar-refractivity contribution in [2.24, 2.45) is 0 Å². The molecule has 27 heavy (non-hydrogen) atoms. The molecule has 0 aliphatic carbocycles. The SMILES string of the molecule is O=C(CCc1ccccc1)Nc1ccc(/C=C/c2cc(O)cc(O)c2)cc1. The number of phenolic OH excluding ortho intramolecular Hbond substituents is 2. The number of amides is 1. The van der Waals surface area contributed by atoms with Crippen molar-refractivity contribution < 1.29 is 15.0 Å². The van der Waals surface area contributed by atoms with E-state index in [1.165, 1.54) is 6.07 Å². The second kappa shape index (κ2) is 8.72. The summed E-state index contributed by atoms with van der Waals surface area (Å²) >= 11 is 0. The summed E-state index contributed by atoms with van der Waals surface area (Å²) in [5, 5.41) is 21.9. The van der Waals surface area contributed by atoms with Crippen molar-refractivity contribution in [2.45, 2.75) is 12.8 Å². The first-order valence-corrected chi connectivity index (χ1v) is 8.73. The molecule has 4 heteroatoms. The number of carbonyl (C=O) groups is 1. The lowest BCUT2D eigenvalue weighted by Gasteiger charge is -2.06. The largest absolute Gasteiger partial charge is 0.508 e. The van der Waals surface area contributed by atoms with Crippen LogP contribution in [-0.4, -0.2) is 16.1 Å². The highest BCUT2D eigenvalue weighted by Gasteiger charge is 2.03. The van der Waals surface area contributed by atoms with Crippen molar-refractivity contribution in [1.29, 1.82) is 0 Å². The van der Waals surface area contributed by atoms with Gasteiger partial charge in [0, 0.05) is 18.2 Å². The summed E-state index contributed by atoms with van der Waals surface area (Å²) in [5.74, 6) is 0.0174. The number of carbonyl (C=O) groups excluding carboxylic acids is 1. The molecule has 0 unspecified atom stereocenters. The van der Waals surface area contributed by atoms with Gasteiger partial charge in [-0.2, -0.15) is 0 Å². The lowest BCUT2D eigenvalue weighted by molar-refractivity contribution is -0.116. The Morgan fingerprint density at radius 3 is 2.11 bits per heavy atom. The zero-order chi connectivity index (χ0) is 19.1. The molecular formula is C23H21NO3. The van der Waals surface area contributed by atoms with Crippen molar-refractivity contribution in [3.8, 4) is 11.5 Å². The highest BCUT2D eigenvalue weighted by molar-refractivity contribution is 5.91. The Bertz CT molecular complexity index is 911. The van der Waals surface area contributed by atoms with E-state index < -0.39 is 0 Å². The van der Waals surface area contributed by atoms with Gasteiger partial charge in [-0.25, -0.2) is 0 Å². The van der Waals surface area contributed by atoms with Gasteiger partial charge in [0.15, 0.2) is 0 Å². The monoisotopic (exact) mass is 359 g/mol. The molecule has 136 valence electrons. The topological polar surface area (TPSA) is 69.6 Å². The Balaban J connectivity index is 1.55. The van der Waals surface area contributed by atoms with Crippen LogP contribution in [0.25, 0.3) is 12.2 Å². The fraction of sp³-hybridized carbons (Fsp3) is 0.0870. The van der Waals surface area contributed by atoms with Gasteiger partial charge in [-0.3, -0.25) is 4.79 Å². The van der Waals surface area contributed by atoms with E-state index in [0.717, 1.165) is 16.8 Å². The number of aromatic hydroxyl groups is 2. The number of rotatable bonds is 6. The Kier molecular flexibility index (Phi) is 5.90. The van der Waals surface area contributed by atoms with E-state index in [0.29, 0.717) is 18.4 Å². The molecule has 1 amide bonds. The minimum atomic E-state index is -0.0163. The lowest BCUT2D eigenvalue weighted by atomic mass is 10.1. The van der Waals surface area contributed by atoms with Crippen LogP contribution in [0.4, 0.5) is 5.69 Å². The molecule has 4 nitrogen and oxygen atoms in total. The van der Waals surface area contributed by atoms with Gasteiger partial charge in [0.05, 0.1) is 0 Å². The van der Waals surface area contributed by atoms with Crippen molar-refractivity contribution in [3.63, 3.8) is 0 Å². The summed E-state index contributed by atoms with van der Waals surface area (Å²) in [5.41, 5.74) is 3.54. The zero-order valence-corrected chi connectivity index (χ0v) is 14.8. The Hall–Kier alpha value is -3.53. The van der Waals surface area contributed by atoms with E-state index in [1.807, 2.05) is 60.7 Å². The Labute approximate surface area is 158 Å².